The molecule has 17 unspecified atom stereocenters. The normalized spacial score (nSPS) is 54.5. The maximum atomic E-state index is 16.0. The fraction of sp³-hybridized carbons (Fsp3) is 0.933. The van der Waals surface area contributed by atoms with Crippen LogP contribution in [0.3, 0.4) is 0 Å². The van der Waals surface area contributed by atoms with Crippen molar-refractivity contribution in [1.29, 1.82) is 0 Å². The van der Waals surface area contributed by atoms with Gasteiger partial charge >= 0.3 is 12.1 Å². The number of aliphatic hydroxyl groups excluding tert-OH is 9. The first kappa shape index (κ1) is 71.0. The van der Waals surface area contributed by atoms with Crippen molar-refractivity contribution in [2.45, 2.75) is 316 Å². The van der Waals surface area contributed by atoms with Crippen molar-refractivity contribution in [3.8, 4) is 0 Å². The van der Waals surface area contributed by atoms with Gasteiger partial charge < -0.3 is 89.2 Å². The van der Waals surface area contributed by atoms with E-state index in [1.165, 1.54) is 58.3 Å². The van der Waals surface area contributed by atoms with Crippen molar-refractivity contribution in [2.24, 2.45) is 108 Å². The van der Waals surface area contributed by atoms with Crippen LogP contribution in [-0.4, -0.2) is 182 Å². The van der Waals surface area contributed by atoms with E-state index in [1.54, 1.807) is 0 Å². The van der Waals surface area contributed by atoms with Crippen LogP contribution in [0.2, 0.25) is 0 Å². The third-order valence-corrected chi connectivity index (χ3v) is 31.5. The van der Waals surface area contributed by atoms with E-state index in [0.717, 1.165) is 61.2 Å². The summed E-state index contributed by atoms with van der Waals surface area (Å²) >= 11 is 0. The first-order valence-corrected chi connectivity index (χ1v) is 37.3. The lowest BCUT2D eigenvalue weighted by Gasteiger charge is -2.86. The number of rotatable bonds is 15. The highest BCUT2D eigenvalue weighted by atomic mass is 16.8. The molecule has 0 bridgehead atoms. The lowest BCUT2D eigenvalue weighted by molar-refractivity contribution is -0.397. The Bertz CT molecular complexity index is 2890. The molecule has 12 fully saturated rings. The van der Waals surface area contributed by atoms with Gasteiger partial charge in [0.25, 0.3) is 0 Å². The standard InChI is InChI=1S/C75H119NO19/c1-37(2)14-13-15-38(3)43-18-19-44-42-17-16-40-30-41(22-25-68(40,7)45(42)23-26-69(43,44)8)91-66(88)76-54-49(34-77)92-64(61(56(54)83)94-63-59(86)57(84)60(39(4)90-63)93-62-58(85)55(82)48(79)35-89-62)95-65(87)74-29-28-67(5,6)31-47(74)46-20-21-50-70(9,71(46,10)32-52(74)80)27-24-51-73(50,12)72(11)33-53(81)75(51,72)36-78/h20,36-45,47-64,77,79-86H,13-19,21-35H2,1-12H3,(H,76,88)/t38-,39?,40+,41+,42-,43?,44+,45?,47?,48-,49?,50?,51-,52?,53+,54+,55?,56?,57?,58?,59?,60+,61?,62+,63+,64+,68?,69?,70-,71-,72?,73?,74-,75+/m1/s1. The maximum absolute atomic E-state index is 16.0. The molecule has 3 heterocycles. The van der Waals surface area contributed by atoms with Gasteiger partial charge in [0.05, 0.1) is 43.0 Å². The number of esters is 1. The fourth-order valence-corrected chi connectivity index (χ4v) is 25.8. The second-order valence-corrected chi connectivity index (χ2v) is 36.3. The van der Waals surface area contributed by atoms with Gasteiger partial charge in [0, 0.05) is 0 Å². The zero-order valence-electron chi connectivity index (χ0n) is 58.9. The van der Waals surface area contributed by atoms with Crippen molar-refractivity contribution in [3.05, 3.63) is 11.6 Å². The molecule has 0 aromatic heterocycles. The van der Waals surface area contributed by atoms with Gasteiger partial charge in [0.15, 0.2) is 18.7 Å². The quantitative estimate of drug-likeness (QED) is 0.0425. The number of hydrogen-bond acceptors (Lipinski definition) is 19. The number of hydrogen-bond donors (Lipinski definition) is 10. The van der Waals surface area contributed by atoms with E-state index in [4.69, 9.17) is 33.2 Å². The first-order chi connectivity index (χ1) is 44.7. The van der Waals surface area contributed by atoms with Gasteiger partial charge in [-0.2, -0.15) is 0 Å². The van der Waals surface area contributed by atoms with Gasteiger partial charge in [0.1, 0.15) is 66.6 Å². The van der Waals surface area contributed by atoms with Gasteiger partial charge in [-0.05, 0) is 213 Å². The molecule has 10 aliphatic carbocycles. The Morgan fingerprint density at radius 2 is 1.40 bits per heavy atom. The lowest BCUT2D eigenvalue weighted by Crippen LogP contribution is -2.86. The lowest BCUT2D eigenvalue weighted by atomic mass is 9.17. The molecule has 1 amide bonds. The molecule has 20 heteroatoms. The number of carbonyl (C=O) groups is 3. The van der Waals surface area contributed by atoms with Gasteiger partial charge in [-0.3, -0.25) is 4.79 Å². The summed E-state index contributed by atoms with van der Waals surface area (Å²) in [5, 5.41) is 106. The molecule has 10 N–H and O–H groups in total. The number of allylic oxidation sites excluding steroid dienone is 2. The molecule has 20 nitrogen and oxygen atoms in total. The number of aldehydes is 1. The van der Waals surface area contributed by atoms with Crippen molar-refractivity contribution in [3.63, 3.8) is 0 Å². The van der Waals surface area contributed by atoms with Crippen molar-refractivity contribution >= 4 is 18.3 Å². The number of aliphatic hydroxyl groups is 9. The summed E-state index contributed by atoms with van der Waals surface area (Å²) in [4.78, 5) is 43.5. The highest BCUT2D eigenvalue weighted by Gasteiger charge is 2.88. The molecule has 3 aliphatic heterocycles. The smallest absolute Gasteiger partial charge is 0.407 e. The van der Waals surface area contributed by atoms with E-state index >= 15 is 4.79 Å². The average Bonchev–Trinajstić information content (AvgIpc) is 0.835. The van der Waals surface area contributed by atoms with Crippen LogP contribution < -0.4 is 5.32 Å². The summed E-state index contributed by atoms with van der Waals surface area (Å²) in [6.45, 7) is 26.0. The van der Waals surface area contributed by atoms with Crippen molar-refractivity contribution in [2.75, 3.05) is 13.2 Å². The summed E-state index contributed by atoms with van der Waals surface area (Å²) in [5.41, 5.74) is -2.64. The van der Waals surface area contributed by atoms with Gasteiger partial charge in [-0.25, -0.2) is 4.79 Å². The van der Waals surface area contributed by atoms with Crippen molar-refractivity contribution < 1.29 is 93.5 Å². The van der Waals surface area contributed by atoms with Gasteiger partial charge in [0.2, 0.25) is 6.29 Å². The molecule has 0 radical (unpaired) electrons. The Balaban J connectivity index is 0.739. The monoisotopic (exact) mass is 1340 g/mol. The van der Waals surface area contributed by atoms with E-state index in [-0.39, 0.29) is 46.3 Å². The zero-order chi connectivity index (χ0) is 68.4. The van der Waals surface area contributed by atoms with Gasteiger partial charge in [-0.15, -0.1) is 0 Å². The van der Waals surface area contributed by atoms with Crippen LogP contribution in [0.1, 0.15) is 212 Å². The Kier molecular flexibility index (Phi) is 18.6. The minimum atomic E-state index is -1.95. The molecule has 538 valence electrons. The molecule has 0 spiro atoms. The third kappa shape index (κ3) is 10.4. The van der Waals surface area contributed by atoms with E-state index in [1.807, 2.05) is 0 Å². The molecular formula is C75H119NO19. The summed E-state index contributed by atoms with van der Waals surface area (Å²) in [6, 6.07) is -1.45. The zero-order valence-corrected chi connectivity index (χ0v) is 58.9. The second kappa shape index (κ2) is 24.9. The molecule has 0 aromatic carbocycles. The Labute approximate surface area is 563 Å². The average molecular weight is 1340 g/mol. The first-order valence-electron chi connectivity index (χ1n) is 37.3. The number of fused-ring (bicyclic) bond motifs is 15. The van der Waals surface area contributed by atoms with E-state index in [0.29, 0.717) is 61.7 Å². The van der Waals surface area contributed by atoms with E-state index in [2.05, 4.69) is 87.6 Å². The van der Waals surface area contributed by atoms with Crippen LogP contribution in [-0.2, 0) is 42.7 Å². The summed E-state index contributed by atoms with van der Waals surface area (Å²) < 4.78 is 43.5. The largest absolute Gasteiger partial charge is 0.446 e. The second-order valence-electron chi connectivity index (χ2n) is 36.3. The van der Waals surface area contributed by atoms with Crippen molar-refractivity contribution in [1.82, 2.24) is 5.32 Å². The van der Waals surface area contributed by atoms with Gasteiger partial charge in [-0.1, -0.05) is 107 Å². The highest BCUT2D eigenvalue weighted by molar-refractivity contribution is 5.80. The number of alkyl carbamates (subject to hydrolysis) is 1. The minimum absolute atomic E-state index is 0.0150. The Morgan fingerprint density at radius 1 is 0.695 bits per heavy atom. The molecule has 13 rings (SSSR count). The number of amides is 1. The molecular weight excluding hydrogens is 1220 g/mol. The molecule has 34 atom stereocenters. The van der Waals surface area contributed by atoms with Crippen LogP contribution in [0.5, 0.6) is 0 Å². The SMILES string of the molecule is CC(C)CCC[C@@H](C)C1CC[C@H]2[C@H]3CC[C@H]4C[C@@H](OC(=O)N[C@H]5C(CO)O[C@@H](OC(=O)[C@]67CCC(C)(C)CC6C6=CCC8C9(C)[C@@H](CC[C@@]8(C)[C@]6(C)CC7O)[C@@]6(C=O)[C@@H](O)CC96C)C(O[C@@H]6OC(C)[C@H](O[C@@H]7OC[C@@H](O)C(O)C7O)C(O)C6O)C5O)CCC4(C)C3CCC12C. The molecule has 13 aliphatic rings. The van der Waals surface area contributed by atoms with Crippen LogP contribution >= 0.6 is 0 Å². The van der Waals surface area contributed by atoms with Crippen LogP contribution in [0.4, 0.5) is 4.79 Å². The molecule has 3 saturated heterocycles. The van der Waals surface area contributed by atoms with Crippen LogP contribution in [0.25, 0.3) is 0 Å². The van der Waals surface area contributed by atoms with E-state index < -0.39 is 157 Å². The van der Waals surface area contributed by atoms with Crippen LogP contribution in [0.15, 0.2) is 11.6 Å². The summed E-state index contributed by atoms with van der Waals surface area (Å²) in [7, 11) is 0. The summed E-state index contributed by atoms with van der Waals surface area (Å²) in [6.07, 6.45) is -3.30. The van der Waals surface area contributed by atoms with E-state index in [9.17, 15) is 55.5 Å². The molecule has 0 aromatic rings. The highest BCUT2D eigenvalue weighted by Crippen LogP contribution is 2.89. The number of nitrogens with one attached hydrogen (secondary N) is 1. The predicted octanol–water partition coefficient (Wildman–Crippen LogP) is 7.79. The topological polar surface area (TPSA) is 310 Å². The number of carbonyl (C=O) groups excluding carboxylic acids is 3. The Hall–Kier alpha value is -2.41. The number of ether oxygens (including phenoxy) is 7. The Morgan fingerprint density at radius 3 is 2.11 bits per heavy atom. The molecule has 95 heavy (non-hydrogen) atoms. The van der Waals surface area contributed by atoms with Crippen LogP contribution in [0, 0.1) is 108 Å². The third-order valence-electron chi connectivity index (χ3n) is 31.5. The summed E-state index contributed by atoms with van der Waals surface area (Å²) in [5.74, 6) is 3.44. The fourth-order valence-electron chi connectivity index (χ4n) is 25.8. The predicted molar refractivity (Wildman–Crippen MR) is 347 cm³/mol. The maximum Gasteiger partial charge on any atom is 0.407 e. The molecule has 9 saturated carbocycles. The minimum Gasteiger partial charge on any atom is -0.446 e.